The van der Waals surface area contributed by atoms with Crippen LogP contribution < -0.4 is 16.0 Å². The first-order valence-electron chi connectivity index (χ1n) is 9.31. The lowest BCUT2D eigenvalue weighted by atomic mass is 10.1. The first kappa shape index (κ1) is 20.5. The predicted octanol–water partition coefficient (Wildman–Crippen LogP) is 1.89. The number of amides is 2. The lowest BCUT2D eigenvalue weighted by molar-refractivity contribution is -0.117. The quantitative estimate of drug-likeness (QED) is 0.725. The summed E-state index contributed by atoms with van der Waals surface area (Å²) in [5, 5.41) is 2.72. The molecule has 152 valence electrons. The number of nitrogens with zero attached hydrogens (tertiary/aromatic N) is 2. The van der Waals surface area contributed by atoms with E-state index in [-0.39, 0.29) is 23.8 Å². The van der Waals surface area contributed by atoms with Gasteiger partial charge < -0.3 is 16.0 Å². The molecule has 2 amide bonds. The minimum Gasteiger partial charge on any atom is -0.367 e. The molecule has 1 aliphatic rings. The normalized spacial score (nSPS) is 14.5. The summed E-state index contributed by atoms with van der Waals surface area (Å²) in [5.41, 5.74) is 6.77. The summed E-state index contributed by atoms with van der Waals surface area (Å²) >= 11 is 0. The molecule has 1 saturated heterocycles. The number of carbonyl (C=O) groups is 3. The van der Waals surface area contributed by atoms with Gasteiger partial charge in [0.25, 0.3) is 5.91 Å². The zero-order chi connectivity index (χ0) is 21.0. The number of hydrogen-bond donors (Lipinski definition) is 2. The summed E-state index contributed by atoms with van der Waals surface area (Å²) in [6.07, 6.45) is 0. The number of anilines is 2. The predicted molar refractivity (Wildman–Crippen MR) is 109 cm³/mol. The molecule has 3 N–H and O–H groups in total. The summed E-state index contributed by atoms with van der Waals surface area (Å²) in [4.78, 5) is 39.0. The molecular weight excluding hydrogens is 375 g/mol. The second kappa shape index (κ2) is 8.83. The second-order valence-corrected chi connectivity index (χ2v) is 6.94. The van der Waals surface area contributed by atoms with Crippen molar-refractivity contribution in [2.24, 2.45) is 5.73 Å². The van der Waals surface area contributed by atoms with E-state index >= 15 is 0 Å². The first-order valence-corrected chi connectivity index (χ1v) is 9.31. The molecule has 0 aromatic heterocycles. The summed E-state index contributed by atoms with van der Waals surface area (Å²) in [6, 6.07) is 11.1. The Balaban J connectivity index is 1.56. The first-order chi connectivity index (χ1) is 13.8. The van der Waals surface area contributed by atoms with E-state index in [2.05, 4.69) is 5.32 Å². The standard InChI is InChI=1S/C21H23FN4O3/c1-14(27)15-6-7-19(17(22)12-15)26-10-8-25(9-11-26)13-20(28)24-18-5-3-2-4-16(18)21(23)29/h2-7,12H,8-11,13H2,1H3,(H2,23,29)(H,24,28). The molecule has 0 spiro atoms. The van der Waals surface area contributed by atoms with Gasteiger partial charge in [-0.2, -0.15) is 0 Å². The van der Waals surface area contributed by atoms with Crippen LogP contribution in [0.4, 0.5) is 15.8 Å². The van der Waals surface area contributed by atoms with Crippen LogP contribution in [0.3, 0.4) is 0 Å². The van der Waals surface area contributed by atoms with Gasteiger partial charge in [-0.05, 0) is 37.3 Å². The van der Waals surface area contributed by atoms with Gasteiger partial charge in [-0.1, -0.05) is 12.1 Å². The molecule has 0 bridgehead atoms. The fourth-order valence-corrected chi connectivity index (χ4v) is 3.33. The number of nitrogens with one attached hydrogen (secondary N) is 1. The molecule has 0 atom stereocenters. The number of primary amides is 1. The van der Waals surface area contributed by atoms with E-state index in [1.165, 1.54) is 13.0 Å². The Labute approximate surface area is 168 Å². The van der Waals surface area contributed by atoms with Crippen molar-refractivity contribution in [2.45, 2.75) is 6.92 Å². The van der Waals surface area contributed by atoms with E-state index in [0.29, 0.717) is 43.1 Å². The average Bonchev–Trinajstić information content (AvgIpc) is 2.68. The monoisotopic (exact) mass is 398 g/mol. The highest BCUT2D eigenvalue weighted by Crippen LogP contribution is 2.22. The smallest absolute Gasteiger partial charge is 0.250 e. The van der Waals surface area contributed by atoms with Crippen LogP contribution in [-0.4, -0.2) is 55.2 Å². The van der Waals surface area contributed by atoms with Crippen molar-refractivity contribution in [1.82, 2.24) is 4.90 Å². The molecule has 7 nitrogen and oxygen atoms in total. The van der Waals surface area contributed by atoms with Crippen LogP contribution >= 0.6 is 0 Å². The SMILES string of the molecule is CC(=O)c1ccc(N2CCN(CC(=O)Nc3ccccc3C(N)=O)CC2)c(F)c1. The molecule has 1 fully saturated rings. The van der Waals surface area contributed by atoms with Gasteiger partial charge in [0.2, 0.25) is 5.91 Å². The molecule has 0 aliphatic carbocycles. The fraction of sp³-hybridized carbons (Fsp3) is 0.286. The molecule has 0 saturated carbocycles. The van der Waals surface area contributed by atoms with Gasteiger partial charge >= 0.3 is 0 Å². The number of halogens is 1. The van der Waals surface area contributed by atoms with Crippen molar-refractivity contribution in [2.75, 3.05) is 42.9 Å². The van der Waals surface area contributed by atoms with E-state index in [9.17, 15) is 18.8 Å². The number of Topliss-reactive ketones (excluding diaryl/α,β-unsaturated/α-hetero) is 1. The molecule has 1 aliphatic heterocycles. The highest BCUT2D eigenvalue weighted by atomic mass is 19.1. The van der Waals surface area contributed by atoms with Crippen LogP contribution in [-0.2, 0) is 4.79 Å². The Morgan fingerprint density at radius 1 is 1.07 bits per heavy atom. The number of benzene rings is 2. The molecule has 2 aromatic carbocycles. The number of piperazine rings is 1. The molecule has 2 aromatic rings. The summed E-state index contributed by atoms with van der Waals surface area (Å²) in [5.74, 6) is -1.45. The minimum atomic E-state index is -0.604. The van der Waals surface area contributed by atoms with Crippen molar-refractivity contribution >= 4 is 29.0 Å². The molecule has 29 heavy (non-hydrogen) atoms. The molecule has 0 unspecified atom stereocenters. The van der Waals surface area contributed by atoms with Crippen LogP contribution in [0, 0.1) is 5.82 Å². The van der Waals surface area contributed by atoms with Gasteiger partial charge in [0.15, 0.2) is 5.78 Å². The molecular formula is C21H23FN4O3. The lowest BCUT2D eigenvalue weighted by Gasteiger charge is -2.35. The van der Waals surface area contributed by atoms with E-state index in [4.69, 9.17) is 5.73 Å². The Morgan fingerprint density at radius 3 is 2.38 bits per heavy atom. The van der Waals surface area contributed by atoms with Crippen molar-refractivity contribution < 1.29 is 18.8 Å². The highest BCUT2D eigenvalue weighted by Gasteiger charge is 2.22. The maximum atomic E-state index is 14.3. The largest absolute Gasteiger partial charge is 0.367 e. The highest BCUT2D eigenvalue weighted by molar-refractivity contribution is 6.03. The molecule has 1 heterocycles. The Morgan fingerprint density at radius 2 is 1.76 bits per heavy atom. The van der Waals surface area contributed by atoms with Gasteiger partial charge in [-0.25, -0.2) is 4.39 Å². The fourth-order valence-electron chi connectivity index (χ4n) is 3.33. The van der Waals surface area contributed by atoms with E-state index < -0.39 is 11.7 Å². The zero-order valence-electron chi connectivity index (χ0n) is 16.2. The van der Waals surface area contributed by atoms with E-state index in [1.807, 2.05) is 9.80 Å². The van der Waals surface area contributed by atoms with Crippen molar-refractivity contribution in [1.29, 1.82) is 0 Å². The van der Waals surface area contributed by atoms with Crippen LogP contribution in [0.2, 0.25) is 0 Å². The van der Waals surface area contributed by atoms with Crippen molar-refractivity contribution in [3.8, 4) is 0 Å². The maximum Gasteiger partial charge on any atom is 0.250 e. The number of nitrogens with two attached hydrogens (primary N) is 1. The third-order valence-corrected chi connectivity index (χ3v) is 4.90. The summed E-state index contributed by atoms with van der Waals surface area (Å²) < 4.78 is 14.3. The number of rotatable bonds is 6. The second-order valence-electron chi connectivity index (χ2n) is 6.94. The van der Waals surface area contributed by atoms with Crippen LogP contribution in [0.1, 0.15) is 27.6 Å². The van der Waals surface area contributed by atoms with Crippen LogP contribution in [0.25, 0.3) is 0 Å². The number of hydrogen-bond acceptors (Lipinski definition) is 5. The third-order valence-electron chi connectivity index (χ3n) is 4.90. The van der Waals surface area contributed by atoms with Gasteiger partial charge in [0.05, 0.1) is 23.5 Å². The van der Waals surface area contributed by atoms with Crippen LogP contribution in [0.5, 0.6) is 0 Å². The van der Waals surface area contributed by atoms with Crippen LogP contribution in [0.15, 0.2) is 42.5 Å². The number of para-hydroxylation sites is 1. The lowest BCUT2D eigenvalue weighted by Crippen LogP contribution is -2.49. The van der Waals surface area contributed by atoms with Gasteiger partial charge in [0.1, 0.15) is 5.82 Å². The summed E-state index contributed by atoms with van der Waals surface area (Å²) in [6.45, 7) is 3.84. The summed E-state index contributed by atoms with van der Waals surface area (Å²) in [7, 11) is 0. The van der Waals surface area contributed by atoms with Gasteiger partial charge in [0, 0.05) is 31.7 Å². The van der Waals surface area contributed by atoms with Gasteiger partial charge in [-0.3, -0.25) is 19.3 Å². The number of carbonyl (C=O) groups excluding carboxylic acids is 3. The Kier molecular flexibility index (Phi) is 6.23. The molecule has 8 heteroatoms. The topological polar surface area (TPSA) is 95.7 Å². The zero-order valence-corrected chi connectivity index (χ0v) is 16.2. The van der Waals surface area contributed by atoms with Crippen molar-refractivity contribution in [3.63, 3.8) is 0 Å². The Hall–Kier alpha value is -3.26. The van der Waals surface area contributed by atoms with E-state index in [1.54, 1.807) is 36.4 Å². The Bertz CT molecular complexity index is 939. The van der Waals surface area contributed by atoms with E-state index in [0.717, 1.165) is 0 Å². The van der Waals surface area contributed by atoms with Gasteiger partial charge in [-0.15, -0.1) is 0 Å². The third kappa shape index (κ3) is 4.97. The molecule has 3 rings (SSSR count). The van der Waals surface area contributed by atoms with Crippen molar-refractivity contribution in [3.05, 3.63) is 59.4 Å². The number of ketones is 1. The maximum absolute atomic E-state index is 14.3. The average molecular weight is 398 g/mol. The molecule has 0 radical (unpaired) electrons. The minimum absolute atomic E-state index is 0.159.